The molecule has 0 saturated carbocycles. The van der Waals surface area contributed by atoms with Crippen LogP contribution in [0.1, 0.15) is 5.56 Å². The van der Waals surface area contributed by atoms with Gasteiger partial charge in [-0.3, -0.25) is 4.90 Å². The quantitative estimate of drug-likeness (QED) is 0.862. The molecule has 1 fully saturated rings. The number of nitrogens with zero attached hydrogens (tertiary/aromatic N) is 1. The first-order valence-electron chi connectivity index (χ1n) is 6.44. The van der Waals surface area contributed by atoms with Gasteiger partial charge in [0, 0.05) is 49.8 Å². The molecular weight excluding hydrogens is 226 g/mol. The molecule has 2 N–H and O–H groups in total. The highest BCUT2D eigenvalue weighted by Crippen LogP contribution is 2.24. The van der Waals surface area contributed by atoms with Gasteiger partial charge in [0.15, 0.2) is 0 Å². The van der Waals surface area contributed by atoms with E-state index in [9.17, 15) is 0 Å². The minimum Gasteiger partial charge on any atom is -0.497 e. The third-order valence-corrected chi connectivity index (χ3v) is 3.58. The highest BCUT2D eigenvalue weighted by atomic mass is 16.5. The fourth-order valence-electron chi connectivity index (χ4n) is 2.53. The minimum atomic E-state index is 0.920. The maximum Gasteiger partial charge on any atom is 0.119 e. The van der Waals surface area contributed by atoms with Gasteiger partial charge >= 0.3 is 0 Å². The van der Waals surface area contributed by atoms with Crippen molar-refractivity contribution in [2.24, 2.45) is 0 Å². The zero-order valence-corrected chi connectivity index (χ0v) is 10.7. The maximum atomic E-state index is 5.30. The highest BCUT2D eigenvalue weighted by Gasteiger charge is 2.12. The van der Waals surface area contributed by atoms with E-state index < -0.39 is 0 Å². The van der Waals surface area contributed by atoms with Crippen LogP contribution in [0.5, 0.6) is 5.75 Å². The standard InChI is InChI=1S/C14H19N3O/c1-18-12-2-3-14-13(8-12)11(9-16-14)10-17-6-4-15-5-7-17/h2-3,8-9,15-16H,4-7,10H2,1H3. The molecule has 4 heteroatoms. The van der Waals surface area contributed by atoms with Gasteiger partial charge in [0.25, 0.3) is 0 Å². The fourth-order valence-corrected chi connectivity index (χ4v) is 2.53. The number of nitrogens with one attached hydrogen (secondary N) is 2. The van der Waals surface area contributed by atoms with Crippen molar-refractivity contribution in [1.29, 1.82) is 0 Å². The molecule has 1 aliphatic heterocycles. The van der Waals surface area contributed by atoms with Gasteiger partial charge < -0.3 is 15.0 Å². The molecule has 1 saturated heterocycles. The number of rotatable bonds is 3. The Morgan fingerprint density at radius 1 is 1.28 bits per heavy atom. The van der Waals surface area contributed by atoms with E-state index in [1.54, 1.807) is 7.11 Å². The number of ether oxygens (including phenoxy) is 1. The molecule has 2 aromatic rings. The third kappa shape index (κ3) is 2.21. The summed E-state index contributed by atoms with van der Waals surface area (Å²) < 4.78 is 5.30. The lowest BCUT2D eigenvalue weighted by molar-refractivity contribution is 0.234. The second-order valence-electron chi connectivity index (χ2n) is 4.75. The van der Waals surface area contributed by atoms with Crippen molar-refractivity contribution in [1.82, 2.24) is 15.2 Å². The molecule has 3 rings (SSSR count). The van der Waals surface area contributed by atoms with Crippen LogP contribution in [-0.4, -0.2) is 43.2 Å². The number of piperazine rings is 1. The number of methoxy groups -OCH3 is 1. The van der Waals surface area contributed by atoms with Crippen molar-refractivity contribution >= 4 is 10.9 Å². The Balaban J connectivity index is 1.86. The van der Waals surface area contributed by atoms with Crippen LogP contribution >= 0.6 is 0 Å². The van der Waals surface area contributed by atoms with E-state index in [1.165, 1.54) is 16.5 Å². The van der Waals surface area contributed by atoms with Crippen LogP contribution in [0.15, 0.2) is 24.4 Å². The zero-order valence-electron chi connectivity index (χ0n) is 10.7. The third-order valence-electron chi connectivity index (χ3n) is 3.58. The lowest BCUT2D eigenvalue weighted by Gasteiger charge is -2.26. The van der Waals surface area contributed by atoms with Crippen molar-refractivity contribution in [3.8, 4) is 5.75 Å². The molecule has 1 aromatic carbocycles. The predicted octanol–water partition coefficient (Wildman–Crippen LogP) is 1.58. The smallest absolute Gasteiger partial charge is 0.119 e. The van der Waals surface area contributed by atoms with E-state index in [0.29, 0.717) is 0 Å². The molecule has 0 atom stereocenters. The molecule has 1 aliphatic rings. The van der Waals surface area contributed by atoms with Crippen LogP contribution in [0.4, 0.5) is 0 Å². The summed E-state index contributed by atoms with van der Waals surface area (Å²) in [7, 11) is 1.71. The summed E-state index contributed by atoms with van der Waals surface area (Å²) in [5, 5.41) is 4.65. The Kier molecular flexibility index (Phi) is 3.21. The maximum absolute atomic E-state index is 5.30. The Morgan fingerprint density at radius 2 is 2.11 bits per heavy atom. The molecule has 0 unspecified atom stereocenters. The van der Waals surface area contributed by atoms with Crippen LogP contribution in [-0.2, 0) is 6.54 Å². The molecule has 0 spiro atoms. The summed E-state index contributed by atoms with van der Waals surface area (Å²) in [5.41, 5.74) is 2.53. The van der Waals surface area contributed by atoms with Gasteiger partial charge in [-0.25, -0.2) is 0 Å². The van der Waals surface area contributed by atoms with Crippen molar-refractivity contribution < 1.29 is 4.74 Å². The van der Waals surface area contributed by atoms with Gasteiger partial charge in [-0.15, -0.1) is 0 Å². The molecule has 2 heterocycles. The van der Waals surface area contributed by atoms with Gasteiger partial charge in [-0.1, -0.05) is 0 Å². The van der Waals surface area contributed by atoms with Crippen LogP contribution in [0.3, 0.4) is 0 Å². The second kappa shape index (κ2) is 5.00. The first-order valence-corrected chi connectivity index (χ1v) is 6.44. The normalized spacial score (nSPS) is 17.2. The van der Waals surface area contributed by atoms with Crippen molar-refractivity contribution in [2.45, 2.75) is 6.54 Å². The average molecular weight is 245 g/mol. The van der Waals surface area contributed by atoms with E-state index >= 15 is 0 Å². The number of hydrogen-bond donors (Lipinski definition) is 2. The van der Waals surface area contributed by atoms with Crippen molar-refractivity contribution in [3.05, 3.63) is 30.0 Å². The summed E-state index contributed by atoms with van der Waals surface area (Å²) >= 11 is 0. The van der Waals surface area contributed by atoms with Gasteiger partial charge in [-0.2, -0.15) is 0 Å². The van der Waals surface area contributed by atoms with Crippen molar-refractivity contribution in [3.63, 3.8) is 0 Å². The van der Waals surface area contributed by atoms with E-state index in [-0.39, 0.29) is 0 Å². The van der Waals surface area contributed by atoms with E-state index in [4.69, 9.17) is 4.74 Å². The number of H-pyrrole nitrogens is 1. The average Bonchev–Trinajstić information content (AvgIpc) is 2.82. The summed E-state index contributed by atoms with van der Waals surface area (Å²) in [4.78, 5) is 5.82. The number of benzene rings is 1. The molecule has 0 bridgehead atoms. The monoisotopic (exact) mass is 245 g/mol. The molecule has 1 aromatic heterocycles. The van der Waals surface area contributed by atoms with Crippen LogP contribution in [0, 0.1) is 0 Å². The van der Waals surface area contributed by atoms with Gasteiger partial charge in [-0.05, 0) is 23.8 Å². The fraction of sp³-hybridized carbons (Fsp3) is 0.429. The Morgan fingerprint density at radius 3 is 2.89 bits per heavy atom. The molecule has 0 aliphatic carbocycles. The van der Waals surface area contributed by atoms with E-state index in [1.807, 2.05) is 6.07 Å². The van der Waals surface area contributed by atoms with Crippen LogP contribution < -0.4 is 10.1 Å². The number of hydrogen-bond acceptors (Lipinski definition) is 3. The van der Waals surface area contributed by atoms with Gasteiger partial charge in [0.2, 0.25) is 0 Å². The Labute approximate surface area is 107 Å². The molecule has 0 amide bonds. The van der Waals surface area contributed by atoms with Gasteiger partial charge in [0.05, 0.1) is 7.11 Å². The number of fused-ring (bicyclic) bond motifs is 1. The lowest BCUT2D eigenvalue weighted by atomic mass is 10.1. The van der Waals surface area contributed by atoms with Gasteiger partial charge in [0.1, 0.15) is 5.75 Å². The first-order chi connectivity index (χ1) is 8.86. The highest BCUT2D eigenvalue weighted by molar-refractivity contribution is 5.84. The number of aromatic nitrogens is 1. The summed E-state index contributed by atoms with van der Waals surface area (Å²) in [5.74, 6) is 0.920. The molecular formula is C14H19N3O. The summed E-state index contributed by atoms with van der Waals surface area (Å²) in [6.45, 7) is 5.43. The van der Waals surface area contributed by atoms with Crippen molar-refractivity contribution in [2.75, 3.05) is 33.3 Å². The molecule has 18 heavy (non-hydrogen) atoms. The molecule has 96 valence electrons. The molecule has 4 nitrogen and oxygen atoms in total. The van der Waals surface area contributed by atoms with Crippen LogP contribution in [0.25, 0.3) is 10.9 Å². The SMILES string of the molecule is COc1ccc2[nH]cc(CN3CCNCC3)c2c1. The van der Waals surface area contributed by atoms with E-state index in [2.05, 4.69) is 33.5 Å². The first kappa shape index (κ1) is 11.6. The minimum absolute atomic E-state index is 0.920. The topological polar surface area (TPSA) is 40.3 Å². The predicted molar refractivity (Wildman–Crippen MR) is 73.0 cm³/mol. The molecule has 0 radical (unpaired) electrons. The summed E-state index contributed by atoms with van der Waals surface area (Å²) in [6, 6.07) is 6.19. The largest absolute Gasteiger partial charge is 0.497 e. The number of aromatic amines is 1. The Bertz CT molecular complexity index is 529. The summed E-state index contributed by atoms with van der Waals surface area (Å²) in [6.07, 6.45) is 2.12. The zero-order chi connectivity index (χ0) is 12.4. The Hall–Kier alpha value is -1.52. The van der Waals surface area contributed by atoms with Crippen LogP contribution in [0.2, 0.25) is 0 Å². The second-order valence-corrected chi connectivity index (χ2v) is 4.75. The van der Waals surface area contributed by atoms with E-state index in [0.717, 1.165) is 38.5 Å². The lowest BCUT2D eigenvalue weighted by Crippen LogP contribution is -2.42.